The summed E-state index contributed by atoms with van der Waals surface area (Å²) in [5.74, 6) is 0.920. The van der Waals surface area contributed by atoms with Gasteiger partial charge in [0.25, 0.3) is 0 Å². The molecule has 18 heavy (non-hydrogen) atoms. The Balaban J connectivity index is 1.67. The Bertz CT molecular complexity index is 633. The Kier molecular flexibility index (Phi) is 2.97. The third-order valence-corrected chi connectivity index (χ3v) is 2.65. The first-order valence-corrected chi connectivity index (χ1v) is 5.81. The minimum absolute atomic E-state index is 0.679. The standard InChI is InChI=1S/C13H13N5/c1-2-4-12-11(3-1)17-8-10(18-12)7-14-9-13-15-5-6-16-13/h1-6,8,14H,7,9H2,(H,15,16). The van der Waals surface area contributed by atoms with Crippen molar-refractivity contribution in [1.82, 2.24) is 25.3 Å². The van der Waals surface area contributed by atoms with Crippen LogP contribution in [0.4, 0.5) is 0 Å². The van der Waals surface area contributed by atoms with E-state index >= 15 is 0 Å². The quantitative estimate of drug-likeness (QED) is 0.726. The molecule has 0 saturated carbocycles. The van der Waals surface area contributed by atoms with Crippen LogP contribution in [0.2, 0.25) is 0 Å². The zero-order chi connectivity index (χ0) is 12.2. The molecule has 1 aromatic carbocycles. The van der Waals surface area contributed by atoms with Crippen LogP contribution in [0, 0.1) is 0 Å². The first-order valence-electron chi connectivity index (χ1n) is 5.81. The second kappa shape index (κ2) is 4.93. The van der Waals surface area contributed by atoms with E-state index in [0.717, 1.165) is 22.6 Å². The fourth-order valence-corrected chi connectivity index (χ4v) is 1.78. The maximum absolute atomic E-state index is 4.54. The number of aromatic amines is 1. The van der Waals surface area contributed by atoms with E-state index in [4.69, 9.17) is 0 Å². The van der Waals surface area contributed by atoms with Gasteiger partial charge in [-0.05, 0) is 12.1 Å². The molecule has 0 amide bonds. The zero-order valence-corrected chi connectivity index (χ0v) is 9.80. The number of para-hydroxylation sites is 2. The van der Waals surface area contributed by atoms with Crippen molar-refractivity contribution in [1.29, 1.82) is 0 Å². The number of aromatic nitrogens is 4. The van der Waals surface area contributed by atoms with Crippen molar-refractivity contribution < 1.29 is 0 Å². The molecule has 5 nitrogen and oxygen atoms in total. The minimum atomic E-state index is 0.679. The van der Waals surface area contributed by atoms with Gasteiger partial charge in [0.2, 0.25) is 0 Å². The molecule has 0 aliphatic carbocycles. The predicted octanol–water partition coefficient (Wildman–Crippen LogP) is 1.64. The van der Waals surface area contributed by atoms with Crippen LogP contribution < -0.4 is 5.32 Å². The summed E-state index contributed by atoms with van der Waals surface area (Å²) in [6.45, 7) is 1.38. The summed E-state index contributed by atoms with van der Waals surface area (Å²) in [5, 5.41) is 3.27. The summed E-state index contributed by atoms with van der Waals surface area (Å²) < 4.78 is 0. The van der Waals surface area contributed by atoms with Gasteiger partial charge in [0.1, 0.15) is 5.82 Å². The summed E-state index contributed by atoms with van der Waals surface area (Å²) in [4.78, 5) is 16.1. The van der Waals surface area contributed by atoms with E-state index in [2.05, 4.69) is 25.3 Å². The van der Waals surface area contributed by atoms with Gasteiger partial charge in [0.15, 0.2) is 0 Å². The van der Waals surface area contributed by atoms with E-state index < -0.39 is 0 Å². The number of hydrogen-bond donors (Lipinski definition) is 2. The normalized spacial score (nSPS) is 10.9. The second-order valence-corrected chi connectivity index (χ2v) is 3.99. The van der Waals surface area contributed by atoms with Gasteiger partial charge >= 0.3 is 0 Å². The Hall–Kier alpha value is -2.27. The number of hydrogen-bond acceptors (Lipinski definition) is 4. The van der Waals surface area contributed by atoms with Crippen molar-refractivity contribution in [3.8, 4) is 0 Å². The summed E-state index contributed by atoms with van der Waals surface area (Å²) in [6.07, 6.45) is 5.36. The lowest BCUT2D eigenvalue weighted by Crippen LogP contribution is -2.14. The van der Waals surface area contributed by atoms with Gasteiger partial charge in [-0.15, -0.1) is 0 Å². The first kappa shape index (κ1) is 10.9. The highest BCUT2D eigenvalue weighted by atomic mass is 15.0. The first-order chi connectivity index (χ1) is 8.92. The van der Waals surface area contributed by atoms with Gasteiger partial charge in [-0.3, -0.25) is 4.98 Å². The topological polar surface area (TPSA) is 66.5 Å². The van der Waals surface area contributed by atoms with Crippen molar-refractivity contribution >= 4 is 11.0 Å². The molecular formula is C13H13N5. The summed E-state index contributed by atoms with van der Waals surface area (Å²) in [7, 11) is 0. The molecule has 0 spiro atoms. The second-order valence-electron chi connectivity index (χ2n) is 3.99. The molecule has 3 aromatic rings. The molecule has 0 bridgehead atoms. The molecule has 0 radical (unpaired) electrons. The molecule has 0 atom stereocenters. The summed E-state index contributed by atoms with van der Waals surface area (Å²) >= 11 is 0. The average Bonchev–Trinajstić information content (AvgIpc) is 2.92. The van der Waals surface area contributed by atoms with E-state index in [1.54, 1.807) is 12.4 Å². The number of nitrogens with one attached hydrogen (secondary N) is 2. The molecule has 0 saturated heterocycles. The molecule has 5 heteroatoms. The number of rotatable bonds is 4. The lowest BCUT2D eigenvalue weighted by Gasteiger charge is -2.03. The van der Waals surface area contributed by atoms with E-state index in [9.17, 15) is 0 Å². The van der Waals surface area contributed by atoms with E-state index in [1.165, 1.54) is 0 Å². The van der Waals surface area contributed by atoms with Crippen molar-refractivity contribution in [2.45, 2.75) is 13.1 Å². The van der Waals surface area contributed by atoms with Gasteiger partial charge < -0.3 is 10.3 Å². The monoisotopic (exact) mass is 239 g/mol. The number of fused-ring (bicyclic) bond motifs is 1. The van der Waals surface area contributed by atoms with Crippen LogP contribution in [-0.4, -0.2) is 19.9 Å². The van der Waals surface area contributed by atoms with Gasteiger partial charge in [-0.1, -0.05) is 12.1 Å². The molecule has 0 aliphatic heterocycles. The van der Waals surface area contributed by atoms with Crippen LogP contribution in [0.15, 0.2) is 42.9 Å². The van der Waals surface area contributed by atoms with Crippen molar-refractivity contribution in [3.63, 3.8) is 0 Å². The SMILES string of the molecule is c1ccc2nc(CNCc3ncc[nH]3)cnc2c1. The smallest absolute Gasteiger partial charge is 0.120 e. The lowest BCUT2D eigenvalue weighted by molar-refractivity contribution is 0.657. The van der Waals surface area contributed by atoms with Crippen LogP contribution in [-0.2, 0) is 13.1 Å². The Morgan fingerprint density at radius 1 is 1.06 bits per heavy atom. The molecular weight excluding hydrogens is 226 g/mol. The summed E-state index contributed by atoms with van der Waals surface area (Å²) in [6, 6.07) is 7.86. The minimum Gasteiger partial charge on any atom is -0.348 e. The lowest BCUT2D eigenvalue weighted by atomic mass is 10.3. The fourth-order valence-electron chi connectivity index (χ4n) is 1.78. The highest BCUT2D eigenvalue weighted by molar-refractivity contribution is 5.73. The van der Waals surface area contributed by atoms with Gasteiger partial charge in [0.05, 0.1) is 29.5 Å². The van der Waals surface area contributed by atoms with Gasteiger partial charge in [-0.25, -0.2) is 9.97 Å². The molecule has 2 aromatic heterocycles. The van der Waals surface area contributed by atoms with Gasteiger partial charge in [-0.2, -0.15) is 0 Å². The van der Waals surface area contributed by atoms with Crippen LogP contribution in [0.1, 0.15) is 11.5 Å². The van der Waals surface area contributed by atoms with Crippen LogP contribution in [0.25, 0.3) is 11.0 Å². The van der Waals surface area contributed by atoms with Crippen molar-refractivity contribution in [2.24, 2.45) is 0 Å². The van der Waals surface area contributed by atoms with E-state index in [0.29, 0.717) is 13.1 Å². The van der Waals surface area contributed by atoms with Gasteiger partial charge in [0, 0.05) is 18.9 Å². The molecule has 0 aliphatic rings. The van der Waals surface area contributed by atoms with Crippen LogP contribution in [0.3, 0.4) is 0 Å². The average molecular weight is 239 g/mol. The number of nitrogens with zero attached hydrogens (tertiary/aromatic N) is 3. The molecule has 3 rings (SSSR count). The molecule has 90 valence electrons. The molecule has 2 N–H and O–H groups in total. The number of imidazole rings is 1. The zero-order valence-electron chi connectivity index (χ0n) is 9.80. The fraction of sp³-hybridized carbons (Fsp3) is 0.154. The molecule has 0 fully saturated rings. The Morgan fingerprint density at radius 3 is 2.78 bits per heavy atom. The number of H-pyrrole nitrogens is 1. The van der Waals surface area contributed by atoms with Crippen LogP contribution >= 0.6 is 0 Å². The van der Waals surface area contributed by atoms with E-state index in [1.807, 2.05) is 30.5 Å². The highest BCUT2D eigenvalue weighted by Crippen LogP contribution is 2.08. The largest absolute Gasteiger partial charge is 0.348 e. The van der Waals surface area contributed by atoms with E-state index in [-0.39, 0.29) is 0 Å². The highest BCUT2D eigenvalue weighted by Gasteiger charge is 1.99. The number of benzene rings is 1. The molecule has 0 unspecified atom stereocenters. The van der Waals surface area contributed by atoms with Crippen molar-refractivity contribution in [2.75, 3.05) is 0 Å². The maximum atomic E-state index is 4.54. The Labute approximate surface area is 104 Å². The Morgan fingerprint density at radius 2 is 1.94 bits per heavy atom. The maximum Gasteiger partial charge on any atom is 0.120 e. The predicted molar refractivity (Wildman–Crippen MR) is 68.7 cm³/mol. The van der Waals surface area contributed by atoms with Crippen molar-refractivity contribution in [3.05, 3.63) is 54.4 Å². The third-order valence-electron chi connectivity index (χ3n) is 2.65. The third kappa shape index (κ3) is 2.36. The summed E-state index contributed by atoms with van der Waals surface area (Å²) in [5.41, 5.74) is 2.78. The molecule has 2 heterocycles. The van der Waals surface area contributed by atoms with Crippen LogP contribution in [0.5, 0.6) is 0 Å².